The maximum atomic E-state index is 12.9. The van der Waals surface area contributed by atoms with Gasteiger partial charge >= 0.3 is 5.97 Å². The average Bonchev–Trinajstić information content (AvgIpc) is 2.80. The van der Waals surface area contributed by atoms with E-state index in [1.54, 1.807) is 0 Å². The largest absolute Gasteiger partial charge is 0.481 e. The summed E-state index contributed by atoms with van der Waals surface area (Å²) >= 11 is 0. The number of carbonyl (C=O) groups is 2. The molecule has 6 nitrogen and oxygen atoms in total. The van der Waals surface area contributed by atoms with Gasteiger partial charge in [0, 0.05) is 36.8 Å². The number of aliphatic carboxylic acids is 1. The van der Waals surface area contributed by atoms with E-state index in [4.69, 9.17) is 5.11 Å². The van der Waals surface area contributed by atoms with Crippen molar-refractivity contribution in [2.24, 2.45) is 5.92 Å². The number of aryl methyl sites for hydroxylation is 1. The van der Waals surface area contributed by atoms with Crippen molar-refractivity contribution in [1.82, 2.24) is 14.7 Å². The van der Waals surface area contributed by atoms with Gasteiger partial charge in [0.1, 0.15) is 0 Å². The molecule has 140 valence electrons. The average molecular weight is 349 g/mol. The van der Waals surface area contributed by atoms with Crippen LogP contribution in [0.1, 0.15) is 62.9 Å². The van der Waals surface area contributed by atoms with Crippen molar-refractivity contribution in [2.45, 2.75) is 78.8 Å². The molecule has 0 radical (unpaired) electrons. The topological polar surface area (TPSA) is 75.4 Å². The second kappa shape index (κ2) is 8.50. The van der Waals surface area contributed by atoms with Gasteiger partial charge in [0.05, 0.1) is 12.1 Å². The Labute approximate surface area is 150 Å². The van der Waals surface area contributed by atoms with E-state index in [2.05, 4.69) is 18.9 Å². The van der Waals surface area contributed by atoms with Gasteiger partial charge in [-0.05, 0) is 45.4 Å². The van der Waals surface area contributed by atoms with E-state index in [1.165, 1.54) is 0 Å². The zero-order valence-electron chi connectivity index (χ0n) is 15.9. The van der Waals surface area contributed by atoms with Crippen LogP contribution in [0.25, 0.3) is 0 Å². The van der Waals surface area contributed by atoms with Crippen molar-refractivity contribution in [2.75, 3.05) is 6.54 Å². The number of aromatic nitrogens is 2. The van der Waals surface area contributed by atoms with E-state index in [1.807, 2.05) is 23.4 Å². The van der Waals surface area contributed by atoms with Crippen molar-refractivity contribution in [3.63, 3.8) is 0 Å². The molecular formula is C19H31N3O3. The molecule has 1 atom stereocenters. The van der Waals surface area contributed by atoms with Crippen molar-refractivity contribution >= 4 is 11.9 Å². The van der Waals surface area contributed by atoms with Crippen LogP contribution in [0.2, 0.25) is 0 Å². The molecule has 0 unspecified atom stereocenters. The van der Waals surface area contributed by atoms with Crippen LogP contribution < -0.4 is 0 Å². The van der Waals surface area contributed by atoms with E-state index in [9.17, 15) is 9.59 Å². The lowest BCUT2D eigenvalue weighted by atomic mass is 9.96. The minimum Gasteiger partial charge on any atom is -0.481 e. The summed E-state index contributed by atoms with van der Waals surface area (Å²) in [6, 6.07) is 0.0590. The van der Waals surface area contributed by atoms with Crippen LogP contribution in [-0.2, 0) is 22.6 Å². The zero-order valence-corrected chi connectivity index (χ0v) is 15.9. The number of nitrogens with zero attached hydrogens (tertiary/aromatic N) is 3. The summed E-state index contributed by atoms with van der Waals surface area (Å²) in [6.07, 6.45) is 4.01. The van der Waals surface area contributed by atoms with Gasteiger partial charge in [-0.15, -0.1) is 0 Å². The summed E-state index contributed by atoms with van der Waals surface area (Å²) in [5.41, 5.74) is 3.01. The summed E-state index contributed by atoms with van der Waals surface area (Å²) in [6.45, 7) is 9.89. The summed E-state index contributed by atoms with van der Waals surface area (Å²) in [5, 5.41) is 13.5. The van der Waals surface area contributed by atoms with Crippen LogP contribution in [-0.4, -0.2) is 44.3 Å². The first-order valence-electron chi connectivity index (χ1n) is 9.33. The van der Waals surface area contributed by atoms with Crippen LogP contribution in [0.4, 0.5) is 0 Å². The zero-order chi connectivity index (χ0) is 18.6. The molecule has 0 spiro atoms. The smallest absolute Gasteiger partial charge is 0.303 e. The lowest BCUT2D eigenvalue weighted by Crippen LogP contribution is -2.44. The molecule has 1 aliphatic rings. The van der Waals surface area contributed by atoms with Crippen molar-refractivity contribution in [3.05, 3.63) is 17.0 Å². The molecule has 1 aromatic rings. The Morgan fingerprint density at radius 3 is 2.64 bits per heavy atom. The number of carbonyl (C=O) groups excluding carboxylic acids is 1. The predicted molar refractivity (Wildman–Crippen MR) is 96.5 cm³/mol. The molecule has 25 heavy (non-hydrogen) atoms. The van der Waals surface area contributed by atoms with Gasteiger partial charge in [-0.2, -0.15) is 5.10 Å². The highest BCUT2D eigenvalue weighted by molar-refractivity contribution is 5.80. The number of amides is 1. The van der Waals surface area contributed by atoms with Crippen molar-refractivity contribution < 1.29 is 14.7 Å². The molecule has 1 saturated heterocycles. The summed E-state index contributed by atoms with van der Waals surface area (Å²) in [5.74, 6) is -0.186. The van der Waals surface area contributed by atoms with Gasteiger partial charge in [0.15, 0.2) is 0 Å². The lowest BCUT2D eigenvalue weighted by molar-refractivity contribution is -0.139. The Kier molecular flexibility index (Phi) is 6.62. The standard InChI is InChI=1S/C19H31N3O3/c1-13(2)12-22-15(4)17(14(3)20-22)11-18(23)21-10-6-5-7-16(21)8-9-19(24)25/h13,16H,5-12H2,1-4H3,(H,24,25)/t16-/m1/s1. The predicted octanol–water partition coefficient (Wildman–Crippen LogP) is 2.94. The second-order valence-corrected chi connectivity index (χ2v) is 7.57. The van der Waals surface area contributed by atoms with Gasteiger partial charge in [0.2, 0.25) is 5.91 Å². The highest BCUT2D eigenvalue weighted by Gasteiger charge is 2.28. The molecule has 6 heteroatoms. The SMILES string of the molecule is Cc1nn(CC(C)C)c(C)c1CC(=O)N1CCCC[C@@H]1CCC(=O)O. The molecule has 1 N–H and O–H groups in total. The maximum Gasteiger partial charge on any atom is 0.303 e. The quantitative estimate of drug-likeness (QED) is 0.821. The second-order valence-electron chi connectivity index (χ2n) is 7.57. The monoisotopic (exact) mass is 349 g/mol. The summed E-state index contributed by atoms with van der Waals surface area (Å²) in [7, 11) is 0. The molecule has 1 aliphatic heterocycles. The van der Waals surface area contributed by atoms with Gasteiger partial charge < -0.3 is 10.0 Å². The highest BCUT2D eigenvalue weighted by atomic mass is 16.4. The van der Waals surface area contributed by atoms with Gasteiger partial charge in [0.25, 0.3) is 0 Å². The Hall–Kier alpha value is -1.85. The molecule has 0 aromatic carbocycles. The van der Waals surface area contributed by atoms with E-state index in [0.29, 0.717) is 18.8 Å². The first kappa shape index (κ1) is 19.5. The number of rotatable bonds is 7. The third-order valence-corrected chi connectivity index (χ3v) is 5.04. The van der Waals surface area contributed by atoms with Crippen LogP contribution in [0.15, 0.2) is 0 Å². The number of hydrogen-bond donors (Lipinski definition) is 1. The maximum absolute atomic E-state index is 12.9. The van der Waals surface area contributed by atoms with Crippen molar-refractivity contribution in [3.8, 4) is 0 Å². The molecule has 2 rings (SSSR count). The van der Waals surface area contributed by atoms with E-state index < -0.39 is 5.97 Å². The fraction of sp³-hybridized carbons (Fsp3) is 0.737. The molecule has 0 saturated carbocycles. The van der Waals surface area contributed by atoms with Crippen LogP contribution in [0.3, 0.4) is 0 Å². The number of likely N-dealkylation sites (tertiary alicyclic amines) is 1. The minimum atomic E-state index is -0.792. The fourth-order valence-electron chi connectivity index (χ4n) is 3.69. The van der Waals surface area contributed by atoms with Gasteiger partial charge in [-0.1, -0.05) is 13.8 Å². The first-order valence-corrected chi connectivity index (χ1v) is 9.33. The van der Waals surface area contributed by atoms with E-state index in [0.717, 1.165) is 49.3 Å². The Morgan fingerprint density at radius 1 is 1.28 bits per heavy atom. The van der Waals surface area contributed by atoms with Crippen LogP contribution in [0, 0.1) is 19.8 Å². The normalized spacial score (nSPS) is 18.0. The first-order chi connectivity index (χ1) is 11.8. The number of carboxylic acid groups (broad SMARTS) is 1. The molecule has 1 aromatic heterocycles. The highest BCUT2D eigenvalue weighted by Crippen LogP contribution is 2.23. The number of piperidine rings is 1. The Balaban J connectivity index is 2.09. The van der Waals surface area contributed by atoms with Gasteiger partial charge in [-0.25, -0.2) is 0 Å². The van der Waals surface area contributed by atoms with Crippen LogP contribution in [0.5, 0.6) is 0 Å². The molecule has 0 bridgehead atoms. The molecule has 2 heterocycles. The molecule has 0 aliphatic carbocycles. The third-order valence-electron chi connectivity index (χ3n) is 5.04. The van der Waals surface area contributed by atoms with Gasteiger partial charge in [-0.3, -0.25) is 14.3 Å². The number of hydrogen-bond acceptors (Lipinski definition) is 3. The molecular weight excluding hydrogens is 318 g/mol. The van der Waals surface area contributed by atoms with Crippen molar-refractivity contribution in [1.29, 1.82) is 0 Å². The van der Waals surface area contributed by atoms with E-state index in [-0.39, 0.29) is 18.4 Å². The summed E-state index contributed by atoms with van der Waals surface area (Å²) in [4.78, 5) is 25.7. The third kappa shape index (κ3) is 5.06. The lowest BCUT2D eigenvalue weighted by Gasteiger charge is -2.36. The molecule has 1 fully saturated rings. The number of carboxylic acids is 1. The van der Waals surface area contributed by atoms with Crippen LogP contribution >= 0.6 is 0 Å². The Morgan fingerprint density at radius 2 is 2.00 bits per heavy atom. The Bertz CT molecular complexity index is 622. The summed E-state index contributed by atoms with van der Waals surface area (Å²) < 4.78 is 2.00. The molecule has 1 amide bonds. The minimum absolute atomic E-state index is 0.0590. The van der Waals surface area contributed by atoms with E-state index >= 15 is 0 Å². The fourth-order valence-corrected chi connectivity index (χ4v) is 3.69.